The number of anilines is 1. The molecule has 3 rings (SSSR count). The van der Waals surface area contributed by atoms with Crippen molar-refractivity contribution in [2.75, 3.05) is 31.1 Å². The molecule has 0 aromatic carbocycles. The Morgan fingerprint density at radius 1 is 1.26 bits per heavy atom. The molecule has 2 aromatic heterocycles. The standard InChI is InChI=1S/C16H23N5O2/c1-12(2)16-18-13(11-23-16)10-20-4-6-21(7-5-20)14-8-15(22)19(3)17-9-14/h8-9,11-12H,4-7,10H2,1-3H3. The lowest BCUT2D eigenvalue weighted by Crippen LogP contribution is -2.46. The van der Waals surface area contributed by atoms with Crippen LogP contribution in [0.3, 0.4) is 0 Å². The molecule has 7 nitrogen and oxygen atoms in total. The van der Waals surface area contributed by atoms with Crippen molar-refractivity contribution in [3.63, 3.8) is 0 Å². The topological polar surface area (TPSA) is 67.4 Å². The molecular weight excluding hydrogens is 294 g/mol. The number of nitrogens with zero attached hydrogens (tertiary/aromatic N) is 5. The third-order valence-corrected chi connectivity index (χ3v) is 4.14. The van der Waals surface area contributed by atoms with E-state index in [1.807, 2.05) is 0 Å². The third-order valence-electron chi connectivity index (χ3n) is 4.14. The molecule has 7 heteroatoms. The minimum atomic E-state index is -0.0752. The monoisotopic (exact) mass is 317 g/mol. The molecule has 0 spiro atoms. The van der Waals surface area contributed by atoms with Gasteiger partial charge in [0, 0.05) is 51.8 Å². The van der Waals surface area contributed by atoms with E-state index in [0.717, 1.165) is 50.0 Å². The molecule has 1 aliphatic rings. The Kier molecular flexibility index (Phi) is 4.47. The molecule has 23 heavy (non-hydrogen) atoms. The number of hydrogen-bond donors (Lipinski definition) is 0. The summed E-state index contributed by atoms with van der Waals surface area (Å²) in [4.78, 5) is 20.8. The van der Waals surface area contributed by atoms with Gasteiger partial charge in [0.2, 0.25) is 0 Å². The lowest BCUT2D eigenvalue weighted by Gasteiger charge is -2.35. The molecule has 0 bridgehead atoms. The van der Waals surface area contributed by atoms with Gasteiger partial charge in [-0.1, -0.05) is 13.8 Å². The summed E-state index contributed by atoms with van der Waals surface area (Å²) in [6.45, 7) is 8.57. The number of aromatic nitrogens is 3. The van der Waals surface area contributed by atoms with Crippen molar-refractivity contribution in [3.05, 3.63) is 40.5 Å². The molecule has 0 aliphatic carbocycles. The number of aryl methyl sites for hydroxylation is 1. The minimum absolute atomic E-state index is 0.0752. The Bertz CT molecular complexity index is 713. The maximum Gasteiger partial charge on any atom is 0.268 e. The van der Waals surface area contributed by atoms with Gasteiger partial charge >= 0.3 is 0 Å². The maximum absolute atomic E-state index is 11.7. The van der Waals surface area contributed by atoms with Crippen molar-refractivity contribution in [1.82, 2.24) is 19.7 Å². The fraction of sp³-hybridized carbons (Fsp3) is 0.562. The Morgan fingerprint density at radius 2 is 2.00 bits per heavy atom. The van der Waals surface area contributed by atoms with E-state index >= 15 is 0 Å². The zero-order chi connectivity index (χ0) is 16.4. The first-order chi connectivity index (χ1) is 11.0. The highest BCUT2D eigenvalue weighted by Crippen LogP contribution is 2.17. The van der Waals surface area contributed by atoms with E-state index in [0.29, 0.717) is 5.92 Å². The van der Waals surface area contributed by atoms with Crippen molar-refractivity contribution in [1.29, 1.82) is 0 Å². The van der Waals surface area contributed by atoms with E-state index in [1.165, 1.54) is 4.68 Å². The first kappa shape index (κ1) is 15.7. The van der Waals surface area contributed by atoms with E-state index in [2.05, 4.69) is 33.7 Å². The summed E-state index contributed by atoms with van der Waals surface area (Å²) in [5.41, 5.74) is 1.81. The van der Waals surface area contributed by atoms with Gasteiger partial charge in [0.1, 0.15) is 6.26 Å². The summed E-state index contributed by atoms with van der Waals surface area (Å²) in [5, 5.41) is 4.09. The van der Waals surface area contributed by atoms with Gasteiger partial charge in [-0.25, -0.2) is 9.67 Å². The summed E-state index contributed by atoms with van der Waals surface area (Å²) in [6.07, 6.45) is 3.51. The van der Waals surface area contributed by atoms with Gasteiger partial charge in [-0.15, -0.1) is 0 Å². The maximum atomic E-state index is 11.7. The Balaban J connectivity index is 1.57. The second kappa shape index (κ2) is 6.54. The van der Waals surface area contributed by atoms with Crippen LogP contribution in [0.5, 0.6) is 0 Å². The minimum Gasteiger partial charge on any atom is -0.448 e. The normalized spacial score (nSPS) is 16.3. The smallest absolute Gasteiger partial charge is 0.268 e. The Morgan fingerprint density at radius 3 is 2.61 bits per heavy atom. The van der Waals surface area contributed by atoms with Crippen LogP contribution in [0.4, 0.5) is 5.69 Å². The highest BCUT2D eigenvalue weighted by molar-refractivity contribution is 5.43. The zero-order valence-electron chi connectivity index (χ0n) is 13.9. The van der Waals surface area contributed by atoms with Crippen LogP contribution in [0.1, 0.15) is 31.4 Å². The van der Waals surface area contributed by atoms with Crippen LogP contribution in [0, 0.1) is 0 Å². The summed E-state index contributed by atoms with van der Waals surface area (Å²) in [5.74, 6) is 1.11. The van der Waals surface area contributed by atoms with Gasteiger partial charge in [-0.05, 0) is 0 Å². The Hall–Kier alpha value is -2.15. The number of hydrogen-bond acceptors (Lipinski definition) is 6. The van der Waals surface area contributed by atoms with Crippen LogP contribution >= 0.6 is 0 Å². The second-order valence-corrected chi connectivity index (χ2v) is 6.27. The molecule has 2 aromatic rings. The molecule has 1 fully saturated rings. The molecule has 1 saturated heterocycles. The molecule has 0 radical (unpaired) electrons. The zero-order valence-corrected chi connectivity index (χ0v) is 13.9. The van der Waals surface area contributed by atoms with E-state index < -0.39 is 0 Å². The summed E-state index contributed by atoms with van der Waals surface area (Å²) >= 11 is 0. The summed E-state index contributed by atoms with van der Waals surface area (Å²) in [6, 6.07) is 1.65. The fourth-order valence-corrected chi connectivity index (χ4v) is 2.69. The molecule has 0 N–H and O–H groups in total. The van der Waals surface area contributed by atoms with Crippen LogP contribution < -0.4 is 10.5 Å². The Labute approximate surface area is 135 Å². The molecule has 0 unspecified atom stereocenters. The predicted molar refractivity (Wildman–Crippen MR) is 87.6 cm³/mol. The molecule has 124 valence electrons. The summed E-state index contributed by atoms with van der Waals surface area (Å²) in [7, 11) is 1.66. The number of rotatable bonds is 4. The van der Waals surface area contributed by atoms with Crippen LogP contribution in [0.25, 0.3) is 0 Å². The molecule has 1 aliphatic heterocycles. The molecule has 0 amide bonds. The molecule has 0 saturated carbocycles. The second-order valence-electron chi connectivity index (χ2n) is 6.27. The third kappa shape index (κ3) is 3.61. The number of oxazole rings is 1. The number of piperazine rings is 1. The van der Waals surface area contributed by atoms with Crippen molar-refractivity contribution >= 4 is 5.69 Å². The van der Waals surface area contributed by atoms with E-state index in [-0.39, 0.29) is 5.56 Å². The van der Waals surface area contributed by atoms with Gasteiger partial charge in [0.15, 0.2) is 5.89 Å². The predicted octanol–water partition coefficient (Wildman–Crippen LogP) is 1.21. The van der Waals surface area contributed by atoms with Gasteiger partial charge in [-0.2, -0.15) is 5.10 Å². The van der Waals surface area contributed by atoms with E-state index in [4.69, 9.17) is 4.42 Å². The van der Waals surface area contributed by atoms with E-state index in [9.17, 15) is 4.79 Å². The highest BCUT2D eigenvalue weighted by Gasteiger charge is 2.19. The molecular formula is C16H23N5O2. The van der Waals surface area contributed by atoms with Crippen LogP contribution in [-0.4, -0.2) is 45.8 Å². The largest absolute Gasteiger partial charge is 0.448 e. The average Bonchev–Trinajstić information content (AvgIpc) is 3.00. The van der Waals surface area contributed by atoms with Gasteiger partial charge in [0.05, 0.1) is 17.6 Å². The summed E-state index contributed by atoms with van der Waals surface area (Å²) < 4.78 is 6.83. The highest BCUT2D eigenvalue weighted by atomic mass is 16.3. The van der Waals surface area contributed by atoms with Crippen LogP contribution in [0.2, 0.25) is 0 Å². The van der Waals surface area contributed by atoms with Crippen molar-refractivity contribution in [2.45, 2.75) is 26.3 Å². The first-order valence-corrected chi connectivity index (χ1v) is 7.98. The molecule has 3 heterocycles. The fourth-order valence-electron chi connectivity index (χ4n) is 2.69. The average molecular weight is 317 g/mol. The first-order valence-electron chi connectivity index (χ1n) is 7.98. The quantitative estimate of drug-likeness (QED) is 0.844. The lowest BCUT2D eigenvalue weighted by molar-refractivity contribution is 0.247. The van der Waals surface area contributed by atoms with Crippen molar-refractivity contribution in [2.24, 2.45) is 7.05 Å². The van der Waals surface area contributed by atoms with Crippen molar-refractivity contribution < 1.29 is 4.42 Å². The van der Waals surface area contributed by atoms with Gasteiger partial charge < -0.3 is 9.32 Å². The van der Waals surface area contributed by atoms with Crippen molar-refractivity contribution in [3.8, 4) is 0 Å². The van der Waals surface area contributed by atoms with Gasteiger partial charge in [0.25, 0.3) is 5.56 Å². The van der Waals surface area contributed by atoms with Crippen LogP contribution in [-0.2, 0) is 13.6 Å². The van der Waals surface area contributed by atoms with Gasteiger partial charge in [-0.3, -0.25) is 9.69 Å². The van der Waals surface area contributed by atoms with Crippen LogP contribution in [0.15, 0.2) is 27.7 Å². The molecule has 0 atom stereocenters. The SMILES string of the molecule is CC(C)c1nc(CN2CCN(c3cnn(C)c(=O)c3)CC2)co1. The lowest BCUT2D eigenvalue weighted by atomic mass is 10.2. The van der Waals surface area contributed by atoms with E-state index in [1.54, 1.807) is 25.6 Å².